The van der Waals surface area contributed by atoms with Crippen molar-refractivity contribution >= 4 is 33.7 Å². The molecule has 1 aliphatic rings. The van der Waals surface area contributed by atoms with E-state index < -0.39 is 22.0 Å². The van der Waals surface area contributed by atoms with E-state index in [0.717, 1.165) is 17.7 Å². The van der Waals surface area contributed by atoms with Crippen LogP contribution >= 0.6 is 11.6 Å². The fourth-order valence-electron chi connectivity index (χ4n) is 3.15. The quantitative estimate of drug-likeness (QED) is 0.494. The highest BCUT2D eigenvalue weighted by atomic mass is 35.5. The molecule has 3 rings (SSSR count). The van der Waals surface area contributed by atoms with E-state index in [2.05, 4.69) is 10.5 Å². The van der Waals surface area contributed by atoms with E-state index in [4.69, 9.17) is 16.3 Å². The van der Waals surface area contributed by atoms with Gasteiger partial charge in [-0.25, -0.2) is 13.8 Å². The molecule has 0 aliphatic carbocycles. The van der Waals surface area contributed by atoms with Crippen molar-refractivity contribution in [3.8, 4) is 5.75 Å². The van der Waals surface area contributed by atoms with Crippen molar-refractivity contribution in [2.45, 2.75) is 37.1 Å². The van der Waals surface area contributed by atoms with Crippen LogP contribution in [-0.2, 0) is 14.8 Å². The molecule has 1 N–H and O–H groups in total. The van der Waals surface area contributed by atoms with Crippen LogP contribution in [0.5, 0.6) is 5.75 Å². The molecule has 0 saturated carbocycles. The van der Waals surface area contributed by atoms with Gasteiger partial charge in [-0.05, 0) is 73.4 Å². The van der Waals surface area contributed by atoms with Crippen LogP contribution in [-0.4, -0.2) is 44.0 Å². The van der Waals surface area contributed by atoms with Gasteiger partial charge in [-0.1, -0.05) is 18.5 Å². The number of rotatable bonds is 8. The number of ether oxygens (including phenoxy) is 1. The van der Waals surface area contributed by atoms with Gasteiger partial charge in [0.1, 0.15) is 11.8 Å². The molecule has 1 atom stereocenters. The molecule has 0 radical (unpaired) electrons. The van der Waals surface area contributed by atoms with E-state index >= 15 is 0 Å². The summed E-state index contributed by atoms with van der Waals surface area (Å²) in [4.78, 5) is 12.7. The Balaban J connectivity index is 1.63. The molecule has 1 fully saturated rings. The number of halogens is 1. The second kappa shape index (κ2) is 10.1. The third-order valence-corrected chi connectivity index (χ3v) is 6.84. The van der Waals surface area contributed by atoms with Gasteiger partial charge in [0.15, 0.2) is 0 Å². The smallest absolute Gasteiger partial charge is 0.258 e. The lowest BCUT2D eigenvalue weighted by Crippen LogP contribution is -2.44. The Hall–Kier alpha value is -2.42. The SMILES string of the molecule is CCCOc1ccc(/C=N/NC(=O)C2CCCN2S(=O)(=O)c2ccc(Cl)cc2)cc1. The summed E-state index contributed by atoms with van der Waals surface area (Å²) in [5, 5.41) is 4.42. The molecule has 9 heteroatoms. The fourth-order valence-corrected chi connectivity index (χ4v) is 4.93. The lowest BCUT2D eigenvalue weighted by atomic mass is 10.2. The Morgan fingerprint density at radius 1 is 1.23 bits per heavy atom. The third-order valence-electron chi connectivity index (χ3n) is 4.67. The van der Waals surface area contributed by atoms with Gasteiger partial charge in [0.05, 0.1) is 17.7 Å². The molecule has 1 aliphatic heterocycles. The molecule has 7 nitrogen and oxygen atoms in total. The van der Waals surface area contributed by atoms with Gasteiger partial charge in [-0.3, -0.25) is 4.79 Å². The summed E-state index contributed by atoms with van der Waals surface area (Å²) >= 11 is 5.84. The minimum Gasteiger partial charge on any atom is -0.494 e. The maximum absolute atomic E-state index is 12.9. The number of amides is 1. The Kier molecular flexibility index (Phi) is 7.47. The molecule has 30 heavy (non-hydrogen) atoms. The van der Waals surface area contributed by atoms with Gasteiger partial charge in [-0.2, -0.15) is 9.41 Å². The third kappa shape index (κ3) is 5.38. The summed E-state index contributed by atoms with van der Waals surface area (Å²) in [6, 6.07) is 12.4. The highest BCUT2D eigenvalue weighted by Gasteiger charge is 2.39. The van der Waals surface area contributed by atoms with Crippen molar-refractivity contribution in [1.29, 1.82) is 0 Å². The van der Waals surface area contributed by atoms with Gasteiger partial charge in [0.25, 0.3) is 5.91 Å². The molecular weight excluding hydrogens is 426 g/mol. The van der Waals surface area contributed by atoms with Gasteiger partial charge in [0.2, 0.25) is 10.0 Å². The number of benzene rings is 2. The molecule has 0 aromatic heterocycles. The molecule has 1 heterocycles. The van der Waals surface area contributed by atoms with Crippen LogP contribution in [0.25, 0.3) is 0 Å². The summed E-state index contributed by atoms with van der Waals surface area (Å²) in [7, 11) is -3.79. The lowest BCUT2D eigenvalue weighted by Gasteiger charge is -2.22. The number of sulfonamides is 1. The van der Waals surface area contributed by atoms with Crippen LogP contribution in [0.1, 0.15) is 31.7 Å². The van der Waals surface area contributed by atoms with Crippen LogP contribution in [0.4, 0.5) is 0 Å². The van der Waals surface area contributed by atoms with Gasteiger partial charge in [-0.15, -0.1) is 0 Å². The van der Waals surface area contributed by atoms with Crippen LogP contribution < -0.4 is 10.2 Å². The maximum atomic E-state index is 12.9. The molecular formula is C21H24ClN3O4S. The average Bonchev–Trinajstić information content (AvgIpc) is 3.24. The second-order valence-electron chi connectivity index (χ2n) is 6.88. The number of nitrogens with zero attached hydrogens (tertiary/aromatic N) is 2. The van der Waals surface area contributed by atoms with E-state index in [1.807, 2.05) is 31.2 Å². The van der Waals surface area contributed by atoms with E-state index in [-0.39, 0.29) is 11.4 Å². The van der Waals surface area contributed by atoms with Crippen molar-refractivity contribution in [1.82, 2.24) is 9.73 Å². The Morgan fingerprint density at radius 3 is 2.60 bits per heavy atom. The van der Waals surface area contributed by atoms with E-state index in [9.17, 15) is 13.2 Å². The Morgan fingerprint density at radius 2 is 1.93 bits per heavy atom. The molecule has 1 amide bonds. The van der Waals surface area contributed by atoms with Crippen molar-refractivity contribution < 1.29 is 17.9 Å². The predicted molar refractivity (Wildman–Crippen MR) is 116 cm³/mol. The first-order valence-electron chi connectivity index (χ1n) is 9.75. The lowest BCUT2D eigenvalue weighted by molar-refractivity contribution is -0.124. The molecule has 0 spiro atoms. The van der Waals surface area contributed by atoms with E-state index in [1.165, 1.54) is 34.8 Å². The highest BCUT2D eigenvalue weighted by Crippen LogP contribution is 2.27. The van der Waals surface area contributed by atoms with Crippen molar-refractivity contribution in [2.75, 3.05) is 13.2 Å². The number of nitrogens with one attached hydrogen (secondary N) is 1. The first kappa shape index (κ1) is 22.3. The number of hydrazone groups is 1. The van der Waals surface area contributed by atoms with Gasteiger partial charge >= 0.3 is 0 Å². The Labute approximate surface area is 181 Å². The van der Waals surface area contributed by atoms with Crippen LogP contribution in [0, 0.1) is 0 Å². The zero-order valence-electron chi connectivity index (χ0n) is 16.6. The summed E-state index contributed by atoms with van der Waals surface area (Å²) in [5.41, 5.74) is 3.24. The number of carbonyl (C=O) groups is 1. The molecule has 0 bridgehead atoms. The maximum Gasteiger partial charge on any atom is 0.258 e. The first-order chi connectivity index (χ1) is 14.4. The van der Waals surface area contributed by atoms with E-state index in [1.54, 1.807) is 0 Å². The van der Waals surface area contributed by atoms with Crippen molar-refractivity contribution in [2.24, 2.45) is 5.10 Å². The summed E-state index contributed by atoms with van der Waals surface area (Å²) in [6.07, 6.45) is 3.49. The minimum atomic E-state index is -3.79. The van der Waals surface area contributed by atoms with Crippen molar-refractivity contribution in [3.63, 3.8) is 0 Å². The largest absolute Gasteiger partial charge is 0.494 e. The summed E-state index contributed by atoms with van der Waals surface area (Å²) < 4.78 is 32.6. The topological polar surface area (TPSA) is 88.1 Å². The van der Waals surface area contributed by atoms with Crippen LogP contribution in [0.15, 0.2) is 58.5 Å². The van der Waals surface area contributed by atoms with E-state index in [0.29, 0.717) is 24.5 Å². The van der Waals surface area contributed by atoms with Gasteiger partial charge in [0, 0.05) is 11.6 Å². The minimum absolute atomic E-state index is 0.112. The monoisotopic (exact) mass is 449 g/mol. The highest BCUT2D eigenvalue weighted by molar-refractivity contribution is 7.89. The number of carbonyl (C=O) groups excluding carboxylic acids is 1. The van der Waals surface area contributed by atoms with Crippen LogP contribution in [0.3, 0.4) is 0 Å². The summed E-state index contributed by atoms with van der Waals surface area (Å²) in [6.45, 7) is 2.97. The Bertz CT molecular complexity index is 992. The standard InChI is InChI=1S/C21H24ClN3O4S/c1-2-14-29-18-9-5-16(6-10-18)15-23-24-21(26)20-4-3-13-25(20)30(27,28)19-11-7-17(22)8-12-19/h5-12,15,20H,2-4,13-14H2,1H3,(H,24,26)/b23-15+. The number of hydrogen-bond acceptors (Lipinski definition) is 5. The van der Waals surface area contributed by atoms with Gasteiger partial charge < -0.3 is 4.74 Å². The first-order valence-corrected chi connectivity index (χ1v) is 11.6. The van der Waals surface area contributed by atoms with Crippen LogP contribution in [0.2, 0.25) is 5.02 Å². The second-order valence-corrected chi connectivity index (χ2v) is 9.21. The molecule has 2 aromatic rings. The zero-order valence-corrected chi connectivity index (χ0v) is 18.2. The average molecular weight is 450 g/mol. The predicted octanol–water partition coefficient (Wildman–Crippen LogP) is 3.43. The normalized spacial score (nSPS) is 17.3. The molecule has 160 valence electrons. The molecule has 1 unspecified atom stereocenters. The zero-order chi connectivity index (χ0) is 21.6. The molecule has 1 saturated heterocycles. The fraction of sp³-hybridized carbons (Fsp3) is 0.333. The number of hydrogen-bond donors (Lipinski definition) is 1. The van der Waals surface area contributed by atoms with Crippen molar-refractivity contribution in [3.05, 3.63) is 59.1 Å². The summed E-state index contributed by atoms with van der Waals surface area (Å²) in [5.74, 6) is 0.316. The molecule has 2 aromatic carbocycles.